The third kappa shape index (κ3) is 2.06. The maximum Gasteiger partial charge on any atom is 0.419 e. The molecule has 1 aliphatic heterocycles. The Morgan fingerprint density at radius 3 is 2.55 bits per heavy atom. The molecule has 3 rings (SSSR count). The van der Waals surface area contributed by atoms with Crippen LogP contribution in [0.4, 0.5) is 0 Å². The Hall–Kier alpha value is -1.60. The molecule has 1 fully saturated rings. The van der Waals surface area contributed by atoms with Crippen molar-refractivity contribution < 1.29 is 12.8 Å². The monoisotopic (exact) mass is 296 g/mol. The summed E-state index contributed by atoms with van der Waals surface area (Å²) in [5.41, 5.74) is 0.892. The molecule has 0 amide bonds. The highest BCUT2D eigenvalue weighted by molar-refractivity contribution is 7.89. The van der Waals surface area contributed by atoms with Gasteiger partial charge in [0, 0.05) is 20.1 Å². The molecule has 0 unspecified atom stereocenters. The number of nitrogens with zero attached hydrogens (tertiary/aromatic N) is 2. The van der Waals surface area contributed by atoms with Crippen molar-refractivity contribution in [2.45, 2.75) is 24.2 Å². The molecule has 108 valence electrons. The zero-order valence-electron chi connectivity index (χ0n) is 11.2. The van der Waals surface area contributed by atoms with E-state index in [1.165, 1.54) is 27.1 Å². The van der Waals surface area contributed by atoms with Crippen molar-refractivity contribution >= 4 is 21.1 Å². The average Bonchev–Trinajstić information content (AvgIpc) is 2.75. The first-order valence-corrected chi connectivity index (χ1v) is 8.04. The van der Waals surface area contributed by atoms with Gasteiger partial charge in [0.2, 0.25) is 10.0 Å². The van der Waals surface area contributed by atoms with Crippen molar-refractivity contribution in [2.24, 2.45) is 7.05 Å². The van der Waals surface area contributed by atoms with E-state index in [9.17, 15) is 13.2 Å². The Balaban J connectivity index is 2.09. The third-order valence-electron chi connectivity index (χ3n) is 3.72. The zero-order chi connectivity index (χ0) is 14.3. The number of rotatable bonds is 2. The van der Waals surface area contributed by atoms with Crippen LogP contribution in [-0.4, -0.2) is 30.4 Å². The largest absolute Gasteiger partial charge is 0.419 e. The first kappa shape index (κ1) is 13.4. The van der Waals surface area contributed by atoms with Crippen LogP contribution >= 0.6 is 0 Å². The van der Waals surface area contributed by atoms with E-state index in [4.69, 9.17) is 4.42 Å². The fourth-order valence-corrected chi connectivity index (χ4v) is 4.06. The minimum absolute atomic E-state index is 0.211. The normalized spacial score (nSPS) is 17.6. The van der Waals surface area contributed by atoms with E-state index < -0.39 is 15.8 Å². The number of benzene rings is 1. The first-order valence-electron chi connectivity index (χ1n) is 6.60. The lowest BCUT2D eigenvalue weighted by Crippen LogP contribution is -2.35. The van der Waals surface area contributed by atoms with Gasteiger partial charge in [-0.2, -0.15) is 4.31 Å². The Morgan fingerprint density at radius 2 is 1.85 bits per heavy atom. The predicted molar refractivity (Wildman–Crippen MR) is 74.1 cm³/mol. The van der Waals surface area contributed by atoms with E-state index in [1.54, 1.807) is 7.05 Å². The maximum atomic E-state index is 12.6. The molecule has 0 saturated carbocycles. The number of hydrogen-bond acceptors (Lipinski definition) is 4. The van der Waals surface area contributed by atoms with Gasteiger partial charge in [-0.3, -0.25) is 4.57 Å². The van der Waals surface area contributed by atoms with E-state index in [1.807, 2.05) is 0 Å². The Morgan fingerprint density at radius 1 is 1.15 bits per heavy atom. The molecule has 1 aliphatic rings. The number of aromatic nitrogens is 1. The lowest BCUT2D eigenvalue weighted by Gasteiger charge is -2.25. The lowest BCUT2D eigenvalue weighted by molar-refractivity contribution is 0.346. The van der Waals surface area contributed by atoms with Crippen LogP contribution in [0.25, 0.3) is 11.1 Å². The molecule has 0 radical (unpaired) electrons. The van der Waals surface area contributed by atoms with E-state index in [2.05, 4.69) is 0 Å². The quantitative estimate of drug-likeness (QED) is 0.837. The minimum atomic E-state index is -3.48. The highest BCUT2D eigenvalue weighted by Crippen LogP contribution is 2.23. The summed E-state index contributed by atoms with van der Waals surface area (Å²) in [5.74, 6) is -0.493. The highest BCUT2D eigenvalue weighted by Gasteiger charge is 2.26. The summed E-state index contributed by atoms with van der Waals surface area (Å²) in [6.45, 7) is 1.12. The maximum absolute atomic E-state index is 12.6. The Bertz CT molecular complexity index is 797. The fourth-order valence-electron chi connectivity index (χ4n) is 2.52. The highest BCUT2D eigenvalue weighted by atomic mass is 32.2. The number of sulfonamides is 1. The van der Waals surface area contributed by atoms with Crippen molar-refractivity contribution in [1.29, 1.82) is 0 Å². The fraction of sp³-hybridized carbons (Fsp3) is 0.462. The summed E-state index contributed by atoms with van der Waals surface area (Å²) < 4.78 is 32.9. The van der Waals surface area contributed by atoms with Crippen LogP contribution in [0.3, 0.4) is 0 Å². The molecule has 0 aliphatic carbocycles. The van der Waals surface area contributed by atoms with E-state index >= 15 is 0 Å². The van der Waals surface area contributed by atoms with Crippen LogP contribution in [0.5, 0.6) is 0 Å². The number of aryl methyl sites for hydroxylation is 1. The molecular formula is C13H16N2O4S. The molecule has 0 atom stereocenters. The summed E-state index contributed by atoms with van der Waals surface area (Å²) in [4.78, 5) is 11.6. The number of hydrogen-bond donors (Lipinski definition) is 0. The molecule has 20 heavy (non-hydrogen) atoms. The van der Waals surface area contributed by atoms with Gasteiger partial charge in [-0.15, -0.1) is 0 Å². The molecular weight excluding hydrogens is 280 g/mol. The number of piperidine rings is 1. The molecule has 1 saturated heterocycles. The van der Waals surface area contributed by atoms with Gasteiger partial charge in [-0.1, -0.05) is 6.42 Å². The summed E-state index contributed by atoms with van der Waals surface area (Å²) >= 11 is 0. The third-order valence-corrected chi connectivity index (χ3v) is 5.61. The number of oxazole rings is 1. The lowest BCUT2D eigenvalue weighted by atomic mass is 10.2. The summed E-state index contributed by atoms with van der Waals surface area (Å²) in [6, 6.07) is 4.53. The van der Waals surface area contributed by atoms with Gasteiger partial charge < -0.3 is 4.42 Å². The summed E-state index contributed by atoms with van der Waals surface area (Å²) in [6.07, 6.45) is 2.86. The smallest absolute Gasteiger partial charge is 0.408 e. The van der Waals surface area contributed by atoms with Gasteiger partial charge in [-0.25, -0.2) is 13.2 Å². The second kappa shape index (κ2) is 4.75. The SMILES string of the molecule is Cn1c(=O)oc2ccc(S(=O)(=O)N3CCCCC3)cc21. The van der Waals surface area contributed by atoms with Crippen molar-refractivity contribution in [2.75, 3.05) is 13.1 Å². The van der Waals surface area contributed by atoms with Crippen LogP contribution in [0.15, 0.2) is 32.3 Å². The van der Waals surface area contributed by atoms with E-state index in [0.717, 1.165) is 19.3 Å². The molecule has 6 nitrogen and oxygen atoms in total. The van der Waals surface area contributed by atoms with Crippen molar-refractivity contribution in [3.63, 3.8) is 0 Å². The second-order valence-electron chi connectivity index (χ2n) is 5.02. The van der Waals surface area contributed by atoms with Gasteiger partial charge in [-0.05, 0) is 31.0 Å². The van der Waals surface area contributed by atoms with Crippen molar-refractivity contribution in [1.82, 2.24) is 8.87 Å². The molecule has 2 aromatic rings. The topological polar surface area (TPSA) is 72.5 Å². The molecule has 0 bridgehead atoms. The van der Waals surface area contributed by atoms with Crippen LogP contribution in [-0.2, 0) is 17.1 Å². The Kier molecular flexibility index (Phi) is 3.18. The van der Waals surface area contributed by atoms with Gasteiger partial charge in [0.25, 0.3) is 0 Å². The van der Waals surface area contributed by atoms with Crippen molar-refractivity contribution in [3.05, 3.63) is 28.7 Å². The molecule has 0 spiro atoms. The molecule has 1 aromatic heterocycles. The first-order chi connectivity index (χ1) is 9.50. The van der Waals surface area contributed by atoms with Gasteiger partial charge in [0.05, 0.1) is 10.4 Å². The Labute approximate surface area is 116 Å². The zero-order valence-corrected chi connectivity index (χ0v) is 12.0. The summed E-state index contributed by atoms with van der Waals surface area (Å²) in [7, 11) is -1.92. The predicted octanol–water partition coefficient (Wildman–Crippen LogP) is 1.31. The second-order valence-corrected chi connectivity index (χ2v) is 6.96. The average molecular weight is 296 g/mol. The van der Waals surface area contributed by atoms with Gasteiger partial charge in [0.15, 0.2) is 5.58 Å². The van der Waals surface area contributed by atoms with Crippen LogP contribution in [0.2, 0.25) is 0 Å². The van der Waals surface area contributed by atoms with Crippen LogP contribution < -0.4 is 5.76 Å². The van der Waals surface area contributed by atoms with E-state index in [0.29, 0.717) is 24.2 Å². The molecule has 7 heteroatoms. The van der Waals surface area contributed by atoms with Crippen LogP contribution in [0, 0.1) is 0 Å². The van der Waals surface area contributed by atoms with Crippen molar-refractivity contribution in [3.8, 4) is 0 Å². The molecule has 0 N–H and O–H groups in total. The standard InChI is InChI=1S/C13H16N2O4S/c1-14-11-9-10(5-6-12(11)19-13(14)16)20(17,18)15-7-3-2-4-8-15/h5-6,9H,2-4,7-8H2,1H3. The molecule has 1 aromatic carbocycles. The summed E-state index contributed by atoms with van der Waals surface area (Å²) in [5, 5.41) is 0. The minimum Gasteiger partial charge on any atom is -0.408 e. The van der Waals surface area contributed by atoms with Crippen LogP contribution in [0.1, 0.15) is 19.3 Å². The van der Waals surface area contributed by atoms with E-state index in [-0.39, 0.29) is 4.90 Å². The van der Waals surface area contributed by atoms with Gasteiger partial charge >= 0.3 is 5.76 Å². The molecule has 2 heterocycles. The number of fused-ring (bicyclic) bond motifs is 1. The van der Waals surface area contributed by atoms with Gasteiger partial charge in [0.1, 0.15) is 0 Å².